The standard InChI is InChI=1S/C17H15N3O3S/c1-22-13-7-9-14(10-8-13)23-11-15(21)18-17-19-16(20-24-17)12-5-3-2-4-6-12/h2-10H,11H2,1H3,(H,18,19,20,21). The Morgan fingerprint density at radius 1 is 1.08 bits per heavy atom. The third-order valence-electron chi connectivity index (χ3n) is 3.13. The summed E-state index contributed by atoms with van der Waals surface area (Å²) in [6.45, 7) is -0.105. The van der Waals surface area contributed by atoms with E-state index in [2.05, 4.69) is 14.7 Å². The maximum Gasteiger partial charge on any atom is 0.264 e. The van der Waals surface area contributed by atoms with E-state index in [1.807, 2.05) is 30.3 Å². The highest BCUT2D eigenvalue weighted by molar-refractivity contribution is 7.10. The Morgan fingerprint density at radius 3 is 2.50 bits per heavy atom. The monoisotopic (exact) mass is 341 g/mol. The molecular weight excluding hydrogens is 326 g/mol. The number of nitrogens with zero attached hydrogens (tertiary/aromatic N) is 2. The van der Waals surface area contributed by atoms with Gasteiger partial charge in [0.05, 0.1) is 7.11 Å². The maximum absolute atomic E-state index is 11.9. The Balaban J connectivity index is 1.54. The van der Waals surface area contributed by atoms with Gasteiger partial charge in [0.25, 0.3) is 5.91 Å². The van der Waals surface area contributed by atoms with Crippen LogP contribution in [0.2, 0.25) is 0 Å². The zero-order valence-electron chi connectivity index (χ0n) is 12.9. The highest BCUT2D eigenvalue weighted by Crippen LogP contribution is 2.21. The number of carbonyl (C=O) groups excluding carboxylic acids is 1. The van der Waals surface area contributed by atoms with E-state index in [1.54, 1.807) is 31.4 Å². The summed E-state index contributed by atoms with van der Waals surface area (Å²) in [6.07, 6.45) is 0. The molecule has 0 unspecified atom stereocenters. The molecule has 24 heavy (non-hydrogen) atoms. The Kier molecular flexibility index (Phi) is 5.02. The van der Waals surface area contributed by atoms with Crippen molar-refractivity contribution in [1.29, 1.82) is 0 Å². The van der Waals surface area contributed by atoms with Gasteiger partial charge in [0.1, 0.15) is 11.5 Å². The molecule has 0 saturated carbocycles. The Morgan fingerprint density at radius 2 is 1.79 bits per heavy atom. The highest BCUT2D eigenvalue weighted by atomic mass is 32.1. The normalized spacial score (nSPS) is 10.2. The van der Waals surface area contributed by atoms with Gasteiger partial charge in [-0.15, -0.1) is 0 Å². The first-order chi connectivity index (χ1) is 11.7. The average molecular weight is 341 g/mol. The summed E-state index contributed by atoms with van der Waals surface area (Å²) >= 11 is 1.13. The van der Waals surface area contributed by atoms with Gasteiger partial charge >= 0.3 is 0 Å². The van der Waals surface area contributed by atoms with Crippen molar-refractivity contribution in [2.45, 2.75) is 0 Å². The average Bonchev–Trinajstić information content (AvgIpc) is 3.09. The number of benzene rings is 2. The fourth-order valence-electron chi connectivity index (χ4n) is 1.95. The number of aromatic nitrogens is 2. The van der Waals surface area contributed by atoms with Gasteiger partial charge in [0, 0.05) is 17.1 Å². The van der Waals surface area contributed by atoms with E-state index in [-0.39, 0.29) is 12.5 Å². The van der Waals surface area contributed by atoms with Crippen molar-refractivity contribution in [1.82, 2.24) is 9.36 Å². The maximum atomic E-state index is 11.9. The number of hydrogen-bond donors (Lipinski definition) is 1. The number of hydrogen-bond acceptors (Lipinski definition) is 6. The second-order valence-electron chi connectivity index (χ2n) is 4.80. The molecule has 3 rings (SSSR count). The summed E-state index contributed by atoms with van der Waals surface area (Å²) in [7, 11) is 1.59. The molecule has 3 aromatic rings. The molecule has 1 N–H and O–H groups in total. The predicted molar refractivity (Wildman–Crippen MR) is 92.5 cm³/mol. The van der Waals surface area contributed by atoms with Crippen LogP contribution in [0.4, 0.5) is 5.13 Å². The minimum Gasteiger partial charge on any atom is -0.497 e. The lowest BCUT2D eigenvalue weighted by Crippen LogP contribution is -2.20. The fraction of sp³-hybridized carbons (Fsp3) is 0.118. The number of anilines is 1. The second kappa shape index (κ2) is 7.56. The third kappa shape index (κ3) is 4.08. The number of rotatable bonds is 6. The van der Waals surface area contributed by atoms with Crippen molar-refractivity contribution in [2.75, 3.05) is 19.0 Å². The molecule has 0 aliphatic rings. The number of nitrogens with one attached hydrogen (secondary N) is 1. The molecule has 122 valence electrons. The molecule has 2 aromatic carbocycles. The van der Waals surface area contributed by atoms with Crippen molar-refractivity contribution < 1.29 is 14.3 Å². The van der Waals surface area contributed by atoms with Gasteiger partial charge in [-0.05, 0) is 24.3 Å². The highest BCUT2D eigenvalue weighted by Gasteiger charge is 2.10. The SMILES string of the molecule is COc1ccc(OCC(=O)Nc2nc(-c3ccccc3)ns2)cc1. The van der Waals surface area contributed by atoms with Crippen LogP contribution < -0.4 is 14.8 Å². The molecule has 0 atom stereocenters. The third-order valence-corrected chi connectivity index (χ3v) is 3.76. The van der Waals surface area contributed by atoms with Crippen molar-refractivity contribution in [3.05, 3.63) is 54.6 Å². The minimum atomic E-state index is -0.290. The lowest BCUT2D eigenvalue weighted by molar-refractivity contribution is -0.118. The van der Waals surface area contributed by atoms with Crippen molar-refractivity contribution in [3.63, 3.8) is 0 Å². The summed E-state index contributed by atoms with van der Waals surface area (Å²) in [5, 5.41) is 3.12. The van der Waals surface area contributed by atoms with Crippen LogP contribution in [0, 0.1) is 0 Å². The van der Waals surface area contributed by atoms with E-state index in [1.165, 1.54) is 0 Å². The first kappa shape index (κ1) is 15.9. The molecule has 6 nitrogen and oxygen atoms in total. The van der Waals surface area contributed by atoms with E-state index in [0.717, 1.165) is 22.8 Å². The first-order valence-corrected chi connectivity index (χ1v) is 7.98. The van der Waals surface area contributed by atoms with Gasteiger partial charge < -0.3 is 9.47 Å². The molecular formula is C17H15N3O3S. The smallest absolute Gasteiger partial charge is 0.264 e. The molecule has 0 fully saturated rings. The van der Waals surface area contributed by atoms with Gasteiger partial charge in [-0.3, -0.25) is 10.1 Å². The molecule has 0 spiro atoms. The number of amides is 1. The Labute approximate surface area is 143 Å². The van der Waals surface area contributed by atoms with Crippen LogP contribution in [0.5, 0.6) is 11.5 Å². The van der Waals surface area contributed by atoms with Crippen molar-refractivity contribution in [3.8, 4) is 22.9 Å². The largest absolute Gasteiger partial charge is 0.497 e. The predicted octanol–water partition coefficient (Wildman–Crippen LogP) is 3.23. The van der Waals surface area contributed by atoms with Gasteiger partial charge in [-0.2, -0.15) is 9.36 Å². The molecule has 1 amide bonds. The molecule has 0 saturated heterocycles. The van der Waals surface area contributed by atoms with E-state index in [9.17, 15) is 4.79 Å². The van der Waals surface area contributed by atoms with Crippen LogP contribution >= 0.6 is 11.5 Å². The van der Waals surface area contributed by atoms with Crippen molar-refractivity contribution in [2.24, 2.45) is 0 Å². The quantitative estimate of drug-likeness (QED) is 0.745. The van der Waals surface area contributed by atoms with Gasteiger partial charge in [-0.1, -0.05) is 30.3 Å². The van der Waals surface area contributed by atoms with Crippen LogP contribution in [0.3, 0.4) is 0 Å². The molecule has 0 bridgehead atoms. The molecule has 0 radical (unpaired) electrons. The van der Waals surface area contributed by atoms with Crippen LogP contribution in [0.15, 0.2) is 54.6 Å². The Hall–Kier alpha value is -2.93. The summed E-state index contributed by atoms with van der Waals surface area (Å²) in [5.41, 5.74) is 0.906. The van der Waals surface area contributed by atoms with E-state index in [4.69, 9.17) is 9.47 Å². The lowest BCUT2D eigenvalue weighted by Gasteiger charge is -2.06. The summed E-state index contributed by atoms with van der Waals surface area (Å²) in [5.74, 6) is 1.62. The molecule has 1 aromatic heterocycles. The van der Waals surface area contributed by atoms with E-state index >= 15 is 0 Å². The van der Waals surface area contributed by atoms with Crippen LogP contribution in [0.25, 0.3) is 11.4 Å². The summed E-state index contributed by atoms with van der Waals surface area (Å²) < 4.78 is 14.7. The van der Waals surface area contributed by atoms with Crippen LogP contribution in [0.1, 0.15) is 0 Å². The zero-order chi connectivity index (χ0) is 16.8. The molecule has 7 heteroatoms. The zero-order valence-corrected chi connectivity index (χ0v) is 13.7. The number of ether oxygens (including phenoxy) is 2. The first-order valence-electron chi connectivity index (χ1n) is 7.20. The lowest BCUT2D eigenvalue weighted by atomic mass is 10.2. The number of methoxy groups -OCH3 is 1. The number of carbonyl (C=O) groups is 1. The van der Waals surface area contributed by atoms with Gasteiger partial charge in [-0.25, -0.2) is 0 Å². The fourth-order valence-corrected chi connectivity index (χ4v) is 2.56. The summed E-state index contributed by atoms with van der Waals surface area (Å²) in [6, 6.07) is 16.6. The van der Waals surface area contributed by atoms with Gasteiger partial charge in [0.2, 0.25) is 5.13 Å². The van der Waals surface area contributed by atoms with Crippen molar-refractivity contribution >= 4 is 22.6 Å². The second-order valence-corrected chi connectivity index (χ2v) is 5.55. The van der Waals surface area contributed by atoms with E-state index in [0.29, 0.717) is 16.7 Å². The van der Waals surface area contributed by atoms with Crippen LogP contribution in [-0.2, 0) is 4.79 Å². The van der Waals surface area contributed by atoms with Gasteiger partial charge in [0.15, 0.2) is 12.4 Å². The minimum absolute atomic E-state index is 0.105. The van der Waals surface area contributed by atoms with Crippen LogP contribution in [-0.4, -0.2) is 29.0 Å². The van der Waals surface area contributed by atoms with E-state index < -0.39 is 0 Å². The molecule has 0 aliphatic heterocycles. The Bertz CT molecular complexity index is 803. The molecule has 0 aliphatic carbocycles. The molecule has 1 heterocycles. The topological polar surface area (TPSA) is 73.3 Å². The summed E-state index contributed by atoms with van der Waals surface area (Å²) in [4.78, 5) is 16.2.